The second kappa shape index (κ2) is 12.9. The zero-order valence-corrected chi connectivity index (χ0v) is 23.2. The number of halogens is 8. The van der Waals surface area contributed by atoms with Crippen molar-refractivity contribution in [1.82, 2.24) is 0 Å². The van der Waals surface area contributed by atoms with Gasteiger partial charge in [-0.25, -0.2) is 0 Å². The summed E-state index contributed by atoms with van der Waals surface area (Å²) in [7, 11) is 0. The topological polar surface area (TPSA) is 32.7 Å². The third kappa shape index (κ3) is 8.25. The van der Waals surface area contributed by atoms with Gasteiger partial charge in [-0.2, -0.15) is 26.3 Å². The summed E-state index contributed by atoms with van der Waals surface area (Å²) >= 11 is 12.3. The van der Waals surface area contributed by atoms with Crippen LogP contribution >= 0.6 is 35.0 Å². The monoisotopic (exact) mass is 631 g/mol. The second-order valence-electron chi connectivity index (χ2n) is 8.77. The number of alkyl halides is 6. The Morgan fingerprint density at radius 3 is 2.07 bits per heavy atom. The van der Waals surface area contributed by atoms with E-state index in [1.165, 1.54) is 42.5 Å². The molecule has 0 aliphatic carbocycles. The third-order valence-electron chi connectivity index (χ3n) is 5.89. The Morgan fingerprint density at radius 1 is 0.780 bits per heavy atom. The largest absolute Gasteiger partial charge is 0.465 e. The van der Waals surface area contributed by atoms with Gasteiger partial charge in [0.15, 0.2) is 6.23 Å². The van der Waals surface area contributed by atoms with Crippen molar-refractivity contribution < 1.29 is 36.2 Å². The Bertz CT molecular complexity index is 1450. The summed E-state index contributed by atoms with van der Waals surface area (Å²) in [5, 5.41) is 11.4. The summed E-state index contributed by atoms with van der Waals surface area (Å²) in [6.07, 6.45) is -7.01. The van der Waals surface area contributed by atoms with Crippen LogP contribution in [-0.4, -0.2) is 17.2 Å². The van der Waals surface area contributed by atoms with Crippen LogP contribution in [-0.2, 0) is 6.18 Å². The van der Waals surface area contributed by atoms with E-state index in [0.29, 0.717) is 11.3 Å². The van der Waals surface area contributed by atoms with Gasteiger partial charge >= 0.3 is 11.7 Å². The van der Waals surface area contributed by atoms with E-state index in [1.54, 1.807) is 47.4 Å². The van der Waals surface area contributed by atoms with Gasteiger partial charge in [-0.3, -0.25) is 0 Å². The number of benzene rings is 4. The van der Waals surface area contributed by atoms with Gasteiger partial charge < -0.3 is 14.7 Å². The van der Waals surface area contributed by atoms with Crippen LogP contribution in [0.3, 0.4) is 0 Å². The van der Waals surface area contributed by atoms with Crippen LogP contribution in [0, 0.1) is 0 Å². The predicted molar refractivity (Wildman–Crippen MR) is 148 cm³/mol. The van der Waals surface area contributed by atoms with Crippen LogP contribution in [0.1, 0.15) is 29.0 Å². The zero-order valence-electron chi connectivity index (χ0n) is 20.8. The lowest BCUT2D eigenvalue weighted by molar-refractivity contribution is -0.137. The van der Waals surface area contributed by atoms with Crippen LogP contribution in [0.15, 0.2) is 102 Å². The summed E-state index contributed by atoms with van der Waals surface area (Å²) in [5.74, 6) is 0.128. The second-order valence-corrected chi connectivity index (χ2v) is 10.7. The van der Waals surface area contributed by atoms with Crippen LogP contribution in [0.5, 0.6) is 5.75 Å². The average molecular weight is 632 g/mol. The molecule has 12 heteroatoms. The van der Waals surface area contributed by atoms with Gasteiger partial charge in [0.1, 0.15) is 10.8 Å². The van der Waals surface area contributed by atoms with Crippen molar-refractivity contribution in [2.45, 2.75) is 28.9 Å². The minimum absolute atomic E-state index is 0.0660. The standard InChI is InChI=1S/C29H21Cl2F6NO2S/c30-23-10-5-11-25(26(23)31)40-27(19-6-4-9-22(16-19)41-29(35,36)37)38(21-7-2-1-3-8-21)17-24(39)18-12-14-20(15-13-18)28(32,33)34/h1-16,24,27,39H,17H2. The van der Waals surface area contributed by atoms with E-state index in [0.717, 1.165) is 12.1 Å². The highest BCUT2D eigenvalue weighted by molar-refractivity contribution is 8.00. The molecule has 4 rings (SSSR count). The molecular formula is C29H21Cl2F6NO2S. The van der Waals surface area contributed by atoms with Crippen molar-refractivity contribution in [3.63, 3.8) is 0 Å². The molecule has 0 radical (unpaired) electrons. The number of nitrogens with zero attached hydrogens (tertiary/aromatic N) is 1. The Kier molecular flexibility index (Phi) is 9.69. The van der Waals surface area contributed by atoms with E-state index in [1.807, 2.05) is 0 Å². The molecule has 0 saturated heterocycles. The van der Waals surface area contributed by atoms with E-state index in [2.05, 4.69) is 0 Å². The first-order chi connectivity index (χ1) is 19.3. The van der Waals surface area contributed by atoms with E-state index < -0.39 is 29.6 Å². The van der Waals surface area contributed by atoms with E-state index in [-0.39, 0.29) is 44.6 Å². The van der Waals surface area contributed by atoms with Gasteiger partial charge in [0.2, 0.25) is 0 Å². The molecule has 0 fully saturated rings. The van der Waals surface area contributed by atoms with Crippen molar-refractivity contribution in [2.75, 3.05) is 11.4 Å². The van der Waals surface area contributed by atoms with Gasteiger partial charge in [0, 0.05) is 16.1 Å². The van der Waals surface area contributed by atoms with Gasteiger partial charge in [0.05, 0.1) is 23.2 Å². The Labute approximate surface area is 246 Å². The number of para-hydroxylation sites is 1. The molecule has 0 saturated carbocycles. The number of hydrogen-bond donors (Lipinski definition) is 1. The van der Waals surface area contributed by atoms with Crippen LogP contribution in [0.4, 0.5) is 32.0 Å². The maximum Gasteiger partial charge on any atom is 0.446 e. The molecule has 216 valence electrons. The molecule has 0 aliphatic rings. The SMILES string of the molecule is OC(CN(c1ccccc1)C(Oc1cccc(Cl)c1Cl)c1cccc(SC(F)(F)F)c1)c1ccc(C(F)(F)F)cc1. The zero-order chi connectivity index (χ0) is 29.8. The number of aliphatic hydroxyl groups is 1. The van der Waals surface area contributed by atoms with Crippen LogP contribution < -0.4 is 9.64 Å². The van der Waals surface area contributed by atoms with Crippen molar-refractivity contribution in [3.05, 3.63) is 124 Å². The minimum Gasteiger partial charge on any atom is -0.465 e. The van der Waals surface area contributed by atoms with Gasteiger partial charge in [-0.15, -0.1) is 0 Å². The molecular weight excluding hydrogens is 611 g/mol. The first-order valence-electron chi connectivity index (χ1n) is 11.9. The lowest BCUT2D eigenvalue weighted by Crippen LogP contribution is -2.36. The third-order valence-corrected chi connectivity index (χ3v) is 7.42. The maximum atomic E-state index is 13.2. The molecule has 2 unspecified atom stereocenters. The number of anilines is 1. The molecule has 0 aliphatic heterocycles. The first-order valence-corrected chi connectivity index (χ1v) is 13.5. The smallest absolute Gasteiger partial charge is 0.446 e. The fraction of sp³-hybridized carbons (Fsp3) is 0.172. The number of rotatable bonds is 9. The molecule has 4 aromatic rings. The van der Waals surface area contributed by atoms with Gasteiger partial charge in [0.25, 0.3) is 0 Å². The lowest BCUT2D eigenvalue weighted by atomic mass is 10.0. The quantitative estimate of drug-likeness (QED) is 0.113. The van der Waals surface area contributed by atoms with Crippen LogP contribution in [0.25, 0.3) is 0 Å². The highest BCUT2D eigenvalue weighted by Crippen LogP contribution is 2.41. The van der Waals surface area contributed by atoms with E-state index in [9.17, 15) is 31.4 Å². The molecule has 0 aromatic heterocycles. The molecule has 0 spiro atoms. The lowest BCUT2D eigenvalue weighted by Gasteiger charge is -2.36. The van der Waals surface area contributed by atoms with Gasteiger partial charge in [-0.05, 0) is 65.9 Å². The van der Waals surface area contributed by atoms with Gasteiger partial charge in [-0.1, -0.05) is 71.7 Å². The number of hydrogen-bond acceptors (Lipinski definition) is 4. The van der Waals surface area contributed by atoms with Crippen molar-refractivity contribution in [2.24, 2.45) is 0 Å². The molecule has 41 heavy (non-hydrogen) atoms. The predicted octanol–water partition coefficient (Wildman–Crippen LogP) is 9.94. The molecule has 3 nitrogen and oxygen atoms in total. The van der Waals surface area contributed by atoms with E-state index >= 15 is 0 Å². The van der Waals surface area contributed by atoms with E-state index in [4.69, 9.17) is 27.9 Å². The molecule has 4 aromatic carbocycles. The Morgan fingerprint density at radius 2 is 1.44 bits per heavy atom. The molecule has 2 atom stereocenters. The molecule has 1 N–H and O–H groups in total. The highest BCUT2D eigenvalue weighted by atomic mass is 35.5. The number of aliphatic hydroxyl groups excluding tert-OH is 1. The molecule has 0 heterocycles. The van der Waals surface area contributed by atoms with Crippen molar-refractivity contribution in [1.29, 1.82) is 0 Å². The minimum atomic E-state index is -4.55. The number of thioether (sulfide) groups is 1. The Hall–Kier alpha value is -3.05. The molecule has 0 amide bonds. The summed E-state index contributed by atoms with van der Waals surface area (Å²) < 4.78 is 85.1. The average Bonchev–Trinajstić information content (AvgIpc) is 2.92. The molecule has 0 bridgehead atoms. The first kappa shape index (κ1) is 30.9. The fourth-order valence-corrected chi connectivity index (χ4v) is 4.96. The van der Waals surface area contributed by atoms with Crippen molar-refractivity contribution in [3.8, 4) is 5.75 Å². The fourth-order valence-electron chi connectivity index (χ4n) is 4.01. The highest BCUT2D eigenvalue weighted by Gasteiger charge is 2.32. The normalized spacial score (nSPS) is 13.5. The summed E-state index contributed by atoms with van der Waals surface area (Å²) in [4.78, 5) is 1.48. The maximum absolute atomic E-state index is 13.2. The summed E-state index contributed by atoms with van der Waals surface area (Å²) in [6.45, 7) is -0.213. The van der Waals surface area contributed by atoms with Crippen molar-refractivity contribution >= 4 is 40.7 Å². The Balaban J connectivity index is 1.78. The van der Waals surface area contributed by atoms with Crippen LogP contribution in [0.2, 0.25) is 10.0 Å². The summed E-state index contributed by atoms with van der Waals surface area (Å²) in [6, 6.07) is 22.9. The summed E-state index contributed by atoms with van der Waals surface area (Å²) in [5.41, 5.74) is -4.42. The number of ether oxygens (including phenoxy) is 1.